The van der Waals surface area contributed by atoms with Crippen LogP contribution < -0.4 is 16.0 Å². The molecule has 1 aliphatic carbocycles. The van der Waals surface area contributed by atoms with Gasteiger partial charge in [-0.1, -0.05) is 6.07 Å². The van der Waals surface area contributed by atoms with Gasteiger partial charge in [0.2, 0.25) is 0 Å². The van der Waals surface area contributed by atoms with Crippen LogP contribution in [0, 0.1) is 0 Å². The zero-order valence-corrected chi connectivity index (χ0v) is 11.0. The van der Waals surface area contributed by atoms with Crippen molar-refractivity contribution in [2.24, 2.45) is 5.84 Å². The highest BCUT2D eigenvalue weighted by atomic mass is 16.5. The molecule has 0 saturated heterocycles. The van der Waals surface area contributed by atoms with Gasteiger partial charge in [-0.05, 0) is 54.7 Å². The number of nitrogens with one attached hydrogen (secondary N) is 1. The second-order valence-electron chi connectivity index (χ2n) is 4.81. The third-order valence-electron chi connectivity index (χ3n) is 3.47. The van der Waals surface area contributed by atoms with Crippen LogP contribution in [-0.4, -0.2) is 5.91 Å². The number of nitrogens with two attached hydrogens (primary N) is 1. The Morgan fingerprint density at radius 3 is 2.95 bits per heavy atom. The van der Waals surface area contributed by atoms with Crippen LogP contribution in [0.5, 0.6) is 5.75 Å². The van der Waals surface area contributed by atoms with Gasteiger partial charge in [-0.3, -0.25) is 10.2 Å². The van der Waals surface area contributed by atoms with Crippen LogP contribution in [0.1, 0.15) is 33.9 Å². The summed E-state index contributed by atoms with van der Waals surface area (Å²) in [7, 11) is 0. The van der Waals surface area contributed by atoms with E-state index in [2.05, 4.69) is 12.1 Å². The van der Waals surface area contributed by atoms with Gasteiger partial charge < -0.3 is 9.15 Å². The molecule has 5 heteroatoms. The minimum absolute atomic E-state index is 0.181. The third-order valence-corrected chi connectivity index (χ3v) is 3.47. The van der Waals surface area contributed by atoms with Gasteiger partial charge in [0.25, 0.3) is 0 Å². The average Bonchev–Trinajstić information content (AvgIpc) is 3.12. The molecule has 0 bridgehead atoms. The van der Waals surface area contributed by atoms with Crippen LogP contribution in [0.3, 0.4) is 0 Å². The second-order valence-corrected chi connectivity index (χ2v) is 4.81. The lowest BCUT2D eigenvalue weighted by Crippen LogP contribution is -2.29. The van der Waals surface area contributed by atoms with Crippen molar-refractivity contribution < 1.29 is 13.9 Å². The summed E-state index contributed by atoms with van der Waals surface area (Å²) in [6.45, 7) is 0.288. The van der Waals surface area contributed by atoms with E-state index in [-0.39, 0.29) is 12.4 Å². The number of fused-ring (bicyclic) bond motifs is 1. The molecule has 1 heterocycles. The Morgan fingerprint density at radius 1 is 1.25 bits per heavy atom. The molecule has 0 unspecified atom stereocenters. The maximum Gasteiger partial charge on any atom is 0.300 e. The van der Waals surface area contributed by atoms with E-state index in [1.807, 2.05) is 11.5 Å². The van der Waals surface area contributed by atoms with Crippen LogP contribution in [0.15, 0.2) is 34.7 Å². The number of hydrogen-bond donors (Lipinski definition) is 2. The van der Waals surface area contributed by atoms with Crippen molar-refractivity contribution in [3.63, 3.8) is 0 Å². The summed E-state index contributed by atoms with van der Waals surface area (Å²) in [5.74, 6) is 6.18. The topological polar surface area (TPSA) is 77.5 Å². The Balaban J connectivity index is 1.64. The summed E-state index contributed by atoms with van der Waals surface area (Å²) in [5.41, 5.74) is 4.80. The van der Waals surface area contributed by atoms with E-state index < -0.39 is 5.91 Å². The molecule has 1 amide bonds. The van der Waals surface area contributed by atoms with Gasteiger partial charge in [0.15, 0.2) is 5.76 Å². The first-order chi connectivity index (χ1) is 9.76. The number of furan rings is 1. The molecule has 0 saturated carbocycles. The summed E-state index contributed by atoms with van der Waals surface area (Å²) in [6.07, 6.45) is 3.49. The Labute approximate surface area is 116 Å². The predicted molar refractivity (Wildman–Crippen MR) is 73.2 cm³/mol. The van der Waals surface area contributed by atoms with E-state index in [9.17, 15) is 4.79 Å². The number of carbonyl (C=O) groups excluding carboxylic acids is 1. The Hall–Kier alpha value is -2.27. The second kappa shape index (κ2) is 5.38. The van der Waals surface area contributed by atoms with E-state index in [4.69, 9.17) is 15.0 Å². The van der Waals surface area contributed by atoms with Crippen LogP contribution >= 0.6 is 0 Å². The lowest BCUT2D eigenvalue weighted by molar-refractivity contribution is 0.0922. The molecule has 1 aromatic heterocycles. The minimum atomic E-state index is -0.450. The first-order valence-electron chi connectivity index (χ1n) is 6.60. The Kier molecular flexibility index (Phi) is 3.43. The summed E-state index contributed by atoms with van der Waals surface area (Å²) >= 11 is 0. The SMILES string of the molecule is NNC(=O)c1ccc(COc2ccc3c(c2)CCC3)o1. The predicted octanol–water partition coefficient (Wildman–Crippen LogP) is 1.95. The van der Waals surface area contributed by atoms with E-state index in [1.165, 1.54) is 17.5 Å². The van der Waals surface area contributed by atoms with Gasteiger partial charge in [-0.15, -0.1) is 0 Å². The highest BCUT2D eigenvalue weighted by molar-refractivity contribution is 5.90. The normalized spacial score (nSPS) is 13.1. The number of aryl methyl sites for hydroxylation is 2. The van der Waals surface area contributed by atoms with Crippen molar-refractivity contribution in [1.82, 2.24) is 5.43 Å². The van der Waals surface area contributed by atoms with Crippen molar-refractivity contribution in [1.29, 1.82) is 0 Å². The zero-order valence-electron chi connectivity index (χ0n) is 11.0. The quantitative estimate of drug-likeness (QED) is 0.506. The number of ether oxygens (including phenoxy) is 1. The first-order valence-corrected chi connectivity index (χ1v) is 6.60. The molecule has 1 aromatic carbocycles. The number of hydrogen-bond acceptors (Lipinski definition) is 4. The summed E-state index contributed by atoms with van der Waals surface area (Å²) in [4.78, 5) is 11.3. The first kappa shape index (κ1) is 12.7. The monoisotopic (exact) mass is 272 g/mol. The van der Waals surface area contributed by atoms with E-state index >= 15 is 0 Å². The molecule has 20 heavy (non-hydrogen) atoms. The van der Waals surface area contributed by atoms with E-state index in [0.717, 1.165) is 18.6 Å². The lowest BCUT2D eigenvalue weighted by atomic mass is 10.1. The molecule has 1 aliphatic rings. The van der Waals surface area contributed by atoms with Crippen molar-refractivity contribution in [3.05, 3.63) is 53.0 Å². The minimum Gasteiger partial charge on any atom is -0.486 e. The molecule has 2 aromatic rings. The Morgan fingerprint density at radius 2 is 2.10 bits per heavy atom. The number of nitrogen functional groups attached to an aromatic ring is 1. The third kappa shape index (κ3) is 2.53. The van der Waals surface area contributed by atoms with Gasteiger partial charge in [-0.25, -0.2) is 5.84 Å². The van der Waals surface area contributed by atoms with Crippen LogP contribution in [0.2, 0.25) is 0 Å². The van der Waals surface area contributed by atoms with Gasteiger partial charge in [0, 0.05) is 0 Å². The highest BCUT2D eigenvalue weighted by Gasteiger charge is 2.12. The number of rotatable bonds is 4. The molecular weight excluding hydrogens is 256 g/mol. The summed E-state index contributed by atoms with van der Waals surface area (Å²) in [6, 6.07) is 9.45. The molecule has 3 N–H and O–H groups in total. The smallest absolute Gasteiger partial charge is 0.300 e. The highest BCUT2D eigenvalue weighted by Crippen LogP contribution is 2.26. The molecule has 0 aliphatic heterocycles. The van der Waals surface area contributed by atoms with Crippen molar-refractivity contribution in [2.45, 2.75) is 25.9 Å². The van der Waals surface area contributed by atoms with Gasteiger partial charge in [0.1, 0.15) is 18.1 Å². The van der Waals surface area contributed by atoms with E-state index in [0.29, 0.717) is 5.76 Å². The van der Waals surface area contributed by atoms with Crippen LogP contribution in [0.4, 0.5) is 0 Å². The number of carbonyl (C=O) groups is 1. The molecule has 0 atom stereocenters. The lowest BCUT2D eigenvalue weighted by Gasteiger charge is -2.06. The molecule has 0 radical (unpaired) electrons. The van der Waals surface area contributed by atoms with Crippen LogP contribution in [-0.2, 0) is 19.4 Å². The average molecular weight is 272 g/mol. The standard InChI is InChI=1S/C15H16N2O3/c16-17-15(18)14-7-6-13(20-14)9-19-12-5-4-10-2-1-3-11(10)8-12/h4-8H,1-3,9,16H2,(H,17,18). The molecule has 0 fully saturated rings. The van der Waals surface area contributed by atoms with Gasteiger partial charge in [0.05, 0.1) is 0 Å². The molecule has 5 nitrogen and oxygen atoms in total. The maximum absolute atomic E-state index is 11.3. The van der Waals surface area contributed by atoms with Crippen molar-refractivity contribution in [3.8, 4) is 5.75 Å². The van der Waals surface area contributed by atoms with Gasteiger partial charge >= 0.3 is 5.91 Å². The fourth-order valence-electron chi connectivity index (χ4n) is 2.44. The zero-order chi connectivity index (χ0) is 13.9. The number of amides is 1. The fraction of sp³-hybridized carbons (Fsp3) is 0.267. The summed E-state index contributed by atoms with van der Waals surface area (Å²) < 4.78 is 11.0. The van der Waals surface area contributed by atoms with Crippen molar-refractivity contribution >= 4 is 5.91 Å². The Bertz CT molecular complexity index is 634. The fourth-order valence-corrected chi connectivity index (χ4v) is 2.44. The number of hydrazine groups is 1. The molecule has 0 spiro atoms. The van der Waals surface area contributed by atoms with E-state index in [1.54, 1.807) is 12.1 Å². The molecule has 3 rings (SSSR count). The van der Waals surface area contributed by atoms with Gasteiger partial charge in [-0.2, -0.15) is 0 Å². The maximum atomic E-state index is 11.3. The van der Waals surface area contributed by atoms with Crippen molar-refractivity contribution in [2.75, 3.05) is 0 Å². The molecular formula is C15H16N2O3. The van der Waals surface area contributed by atoms with Crippen LogP contribution in [0.25, 0.3) is 0 Å². The summed E-state index contributed by atoms with van der Waals surface area (Å²) in [5, 5.41) is 0. The number of benzene rings is 1. The largest absolute Gasteiger partial charge is 0.486 e. The molecule has 104 valence electrons.